The number of halogens is 1. The molecule has 180 valence electrons. The summed E-state index contributed by atoms with van der Waals surface area (Å²) in [6, 6.07) is 5.07. The molecule has 5 rings (SSSR count). The number of ether oxygens (including phenoxy) is 3. The zero-order chi connectivity index (χ0) is 23.9. The highest BCUT2D eigenvalue weighted by molar-refractivity contribution is 5.88. The van der Waals surface area contributed by atoms with Crippen LogP contribution in [0.15, 0.2) is 24.5 Å². The number of piperidine rings is 1. The SMILES string of the molecule is COC(=O)c1ccc2c(n1)CCN2c1cc(OC2CCN(C(=O)OC3(C)CC3)CC2F)ncn1. The van der Waals surface area contributed by atoms with Crippen molar-refractivity contribution in [2.75, 3.05) is 31.6 Å². The number of fused-ring (bicyclic) bond motifs is 1. The number of amides is 1. The fraction of sp³-hybridized carbons (Fsp3) is 0.522. The number of pyridine rings is 1. The van der Waals surface area contributed by atoms with Crippen molar-refractivity contribution in [2.24, 2.45) is 0 Å². The monoisotopic (exact) mass is 471 g/mol. The predicted octanol–water partition coefficient (Wildman–Crippen LogP) is 2.83. The van der Waals surface area contributed by atoms with Crippen LogP contribution < -0.4 is 9.64 Å². The molecule has 0 radical (unpaired) electrons. The maximum atomic E-state index is 14.8. The van der Waals surface area contributed by atoms with E-state index in [0.717, 1.165) is 24.2 Å². The van der Waals surface area contributed by atoms with Crippen LogP contribution in [-0.4, -0.2) is 76.5 Å². The normalized spacial score (nSPS) is 22.7. The molecule has 3 aliphatic rings. The molecule has 0 N–H and O–H groups in total. The lowest BCUT2D eigenvalue weighted by molar-refractivity contribution is 0.00226. The average molecular weight is 471 g/mol. The average Bonchev–Trinajstić information content (AvgIpc) is 3.40. The van der Waals surface area contributed by atoms with Crippen molar-refractivity contribution in [3.05, 3.63) is 35.9 Å². The van der Waals surface area contributed by atoms with Gasteiger partial charge in [-0.25, -0.2) is 28.9 Å². The molecule has 1 aliphatic carbocycles. The number of methoxy groups -OCH3 is 1. The lowest BCUT2D eigenvalue weighted by atomic mass is 10.1. The molecular weight excluding hydrogens is 445 g/mol. The fourth-order valence-corrected chi connectivity index (χ4v) is 4.15. The van der Waals surface area contributed by atoms with Crippen molar-refractivity contribution >= 4 is 23.6 Å². The van der Waals surface area contributed by atoms with Gasteiger partial charge in [-0.15, -0.1) is 0 Å². The first kappa shape index (κ1) is 22.3. The van der Waals surface area contributed by atoms with Crippen molar-refractivity contribution in [1.82, 2.24) is 19.9 Å². The topological polar surface area (TPSA) is 107 Å². The van der Waals surface area contributed by atoms with Crippen LogP contribution in [0.3, 0.4) is 0 Å². The molecular formula is C23H26FN5O5. The van der Waals surface area contributed by atoms with Gasteiger partial charge in [-0.2, -0.15) is 0 Å². The standard InChI is InChI=1S/C23H26FN5O5/c1-23(7-8-23)34-22(31)28-9-6-18(14(24)12-28)33-20-11-19(25-13-26-20)29-10-5-15-17(29)4-3-16(27-15)21(30)32-2/h3-4,11,13-14,18H,5-10,12H2,1-2H3. The highest BCUT2D eigenvalue weighted by Crippen LogP contribution is 2.39. The third kappa shape index (κ3) is 4.46. The molecule has 1 amide bonds. The number of nitrogens with zero attached hydrogens (tertiary/aromatic N) is 5. The maximum Gasteiger partial charge on any atom is 0.410 e. The van der Waals surface area contributed by atoms with Gasteiger partial charge in [0.15, 0.2) is 6.17 Å². The lowest BCUT2D eigenvalue weighted by Crippen LogP contribution is -2.50. The van der Waals surface area contributed by atoms with Gasteiger partial charge in [0.05, 0.1) is 25.0 Å². The molecule has 2 aromatic heterocycles. The summed E-state index contributed by atoms with van der Waals surface area (Å²) in [5, 5.41) is 0. The lowest BCUT2D eigenvalue weighted by Gasteiger charge is -2.34. The molecule has 0 spiro atoms. The van der Waals surface area contributed by atoms with E-state index in [-0.39, 0.29) is 18.1 Å². The summed E-state index contributed by atoms with van der Waals surface area (Å²) in [6.07, 6.45) is 1.48. The molecule has 2 unspecified atom stereocenters. The summed E-state index contributed by atoms with van der Waals surface area (Å²) < 4.78 is 30.9. The minimum atomic E-state index is -1.36. The van der Waals surface area contributed by atoms with Gasteiger partial charge < -0.3 is 24.0 Å². The van der Waals surface area contributed by atoms with Gasteiger partial charge in [0, 0.05) is 32.0 Å². The molecule has 2 aliphatic heterocycles. The molecule has 1 saturated carbocycles. The number of alkyl halides is 1. The second-order valence-corrected chi connectivity index (χ2v) is 8.99. The van der Waals surface area contributed by atoms with Crippen LogP contribution in [0, 0.1) is 0 Å². The van der Waals surface area contributed by atoms with E-state index in [1.807, 2.05) is 11.8 Å². The molecule has 2 atom stereocenters. The Bertz CT molecular complexity index is 1110. The van der Waals surface area contributed by atoms with Gasteiger partial charge >= 0.3 is 12.1 Å². The van der Waals surface area contributed by atoms with Crippen molar-refractivity contribution in [3.8, 4) is 5.88 Å². The summed E-state index contributed by atoms with van der Waals surface area (Å²) in [5.41, 5.74) is 1.47. The Morgan fingerprint density at radius 2 is 2.03 bits per heavy atom. The van der Waals surface area contributed by atoms with E-state index >= 15 is 0 Å². The smallest absolute Gasteiger partial charge is 0.410 e. The fourth-order valence-electron chi connectivity index (χ4n) is 4.15. The quantitative estimate of drug-likeness (QED) is 0.609. The van der Waals surface area contributed by atoms with Crippen LogP contribution in [0.4, 0.5) is 20.7 Å². The maximum absolute atomic E-state index is 14.8. The van der Waals surface area contributed by atoms with E-state index in [0.29, 0.717) is 31.7 Å². The summed E-state index contributed by atoms with van der Waals surface area (Å²) in [5.74, 6) is 0.359. The van der Waals surface area contributed by atoms with Crippen molar-refractivity contribution in [1.29, 1.82) is 0 Å². The molecule has 11 heteroatoms. The highest BCUT2D eigenvalue weighted by Gasteiger charge is 2.44. The van der Waals surface area contributed by atoms with Gasteiger partial charge in [-0.3, -0.25) is 0 Å². The van der Waals surface area contributed by atoms with Gasteiger partial charge in [0.2, 0.25) is 5.88 Å². The van der Waals surface area contributed by atoms with E-state index in [1.165, 1.54) is 18.3 Å². The van der Waals surface area contributed by atoms with Crippen LogP contribution >= 0.6 is 0 Å². The number of hydrogen-bond acceptors (Lipinski definition) is 9. The Morgan fingerprint density at radius 1 is 1.21 bits per heavy atom. The largest absolute Gasteiger partial charge is 0.471 e. The van der Waals surface area contributed by atoms with E-state index in [1.54, 1.807) is 18.2 Å². The zero-order valence-corrected chi connectivity index (χ0v) is 19.1. The molecule has 10 nitrogen and oxygen atoms in total. The van der Waals surface area contributed by atoms with E-state index < -0.39 is 29.9 Å². The van der Waals surface area contributed by atoms with Crippen molar-refractivity contribution < 1.29 is 28.2 Å². The number of anilines is 2. The van der Waals surface area contributed by atoms with E-state index in [2.05, 4.69) is 15.0 Å². The molecule has 0 aromatic carbocycles. The summed E-state index contributed by atoms with van der Waals surface area (Å²) >= 11 is 0. The first-order chi connectivity index (χ1) is 16.3. The number of aromatic nitrogens is 3. The molecule has 2 aromatic rings. The number of rotatable bonds is 5. The van der Waals surface area contributed by atoms with Crippen molar-refractivity contribution in [2.45, 2.75) is 50.5 Å². The molecule has 2 fully saturated rings. The number of hydrogen-bond donors (Lipinski definition) is 0. The van der Waals surface area contributed by atoms with Crippen LogP contribution in [0.2, 0.25) is 0 Å². The summed E-state index contributed by atoms with van der Waals surface area (Å²) in [4.78, 5) is 40.2. The molecule has 4 heterocycles. The molecule has 34 heavy (non-hydrogen) atoms. The third-order valence-corrected chi connectivity index (χ3v) is 6.41. The number of carbonyl (C=O) groups is 2. The minimum Gasteiger partial charge on any atom is -0.471 e. The number of esters is 1. The Hall–Kier alpha value is -3.50. The van der Waals surface area contributed by atoms with E-state index in [9.17, 15) is 14.0 Å². The minimum absolute atomic E-state index is 0.0782. The van der Waals surface area contributed by atoms with Gasteiger partial charge in [0.25, 0.3) is 0 Å². The zero-order valence-electron chi connectivity index (χ0n) is 19.1. The van der Waals surface area contributed by atoms with Gasteiger partial charge in [0.1, 0.15) is 29.5 Å². The molecule has 1 saturated heterocycles. The van der Waals surface area contributed by atoms with Gasteiger partial charge in [-0.1, -0.05) is 0 Å². The third-order valence-electron chi connectivity index (χ3n) is 6.41. The molecule has 0 bridgehead atoms. The number of carbonyl (C=O) groups excluding carboxylic acids is 2. The van der Waals surface area contributed by atoms with Crippen LogP contribution in [0.5, 0.6) is 5.88 Å². The van der Waals surface area contributed by atoms with E-state index in [4.69, 9.17) is 14.2 Å². The first-order valence-electron chi connectivity index (χ1n) is 11.3. The highest BCUT2D eigenvalue weighted by atomic mass is 19.1. The van der Waals surface area contributed by atoms with Crippen LogP contribution in [0.1, 0.15) is 42.4 Å². The Labute approximate surface area is 196 Å². The van der Waals surface area contributed by atoms with Crippen molar-refractivity contribution in [3.63, 3.8) is 0 Å². The Balaban J connectivity index is 1.23. The van der Waals surface area contributed by atoms with Crippen LogP contribution in [-0.2, 0) is 15.9 Å². The summed E-state index contributed by atoms with van der Waals surface area (Å²) in [6.45, 7) is 2.78. The predicted molar refractivity (Wildman–Crippen MR) is 118 cm³/mol. The van der Waals surface area contributed by atoms with Crippen LogP contribution in [0.25, 0.3) is 0 Å². The number of likely N-dealkylation sites (tertiary alicyclic amines) is 1. The second kappa shape index (κ2) is 8.69. The Morgan fingerprint density at radius 3 is 2.76 bits per heavy atom. The first-order valence-corrected chi connectivity index (χ1v) is 11.3. The Kier molecular flexibility index (Phi) is 5.70. The van der Waals surface area contributed by atoms with Gasteiger partial charge in [-0.05, 0) is 31.9 Å². The second-order valence-electron chi connectivity index (χ2n) is 8.99. The summed E-state index contributed by atoms with van der Waals surface area (Å²) in [7, 11) is 1.32.